The Morgan fingerprint density at radius 2 is 1.50 bits per heavy atom. The van der Waals surface area contributed by atoms with E-state index in [0.29, 0.717) is 16.3 Å². The van der Waals surface area contributed by atoms with Crippen molar-refractivity contribution in [2.75, 3.05) is 4.72 Å². The molecule has 0 heterocycles. The lowest BCUT2D eigenvalue weighted by Crippen LogP contribution is -2.13. The first-order valence-corrected chi connectivity index (χ1v) is 9.76. The van der Waals surface area contributed by atoms with Gasteiger partial charge in [-0.15, -0.1) is 0 Å². The molecule has 0 aliphatic carbocycles. The maximum atomic E-state index is 12.6. The Morgan fingerprint density at radius 1 is 0.846 bits per heavy atom. The third kappa shape index (κ3) is 4.45. The Balaban J connectivity index is 1.90. The van der Waals surface area contributed by atoms with Crippen molar-refractivity contribution in [2.24, 2.45) is 0 Å². The van der Waals surface area contributed by atoms with E-state index >= 15 is 0 Å². The molecule has 0 fully saturated rings. The highest BCUT2D eigenvalue weighted by Gasteiger charge is 2.15. The van der Waals surface area contributed by atoms with Gasteiger partial charge >= 0.3 is 0 Å². The molecule has 3 rings (SSSR count). The summed E-state index contributed by atoms with van der Waals surface area (Å²) in [5.41, 5.74) is 2.83. The standard InChI is InChI=1S/C21H16ClNO2S/c1-16-6-14-20(15-7-16)26(24,25)23-21-5-3-2-4-18(21)11-8-17-9-12-19(22)13-10-17/h2-7,9-10,12-15,23H,1H3. The largest absolute Gasteiger partial charge is 0.278 e. The summed E-state index contributed by atoms with van der Waals surface area (Å²) in [7, 11) is -3.68. The number of rotatable bonds is 3. The molecule has 0 spiro atoms. The van der Waals surface area contributed by atoms with Gasteiger partial charge in [0.05, 0.1) is 10.6 Å². The van der Waals surface area contributed by atoms with E-state index in [-0.39, 0.29) is 4.90 Å². The van der Waals surface area contributed by atoms with Gasteiger partial charge in [-0.1, -0.05) is 53.3 Å². The van der Waals surface area contributed by atoms with Crippen molar-refractivity contribution in [3.05, 3.63) is 94.5 Å². The second-order valence-corrected chi connectivity index (χ2v) is 7.84. The van der Waals surface area contributed by atoms with E-state index in [9.17, 15) is 8.42 Å². The first-order chi connectivity index (χ1) is 12.4. The van der Waals surface area contributed by atoms with Crippen molar-refractivity contribution in [1.82, 2.24) is 0 Å². The van der Waals surface area contributed by atoms with E-state index in [1.807, 2.05) is 25.1 Å². The van der Waals surface area contributed by atoms with E-state index in [2.05, 4.69) is 16.6 Å². The van der Waals surface area contributed by atoms with Crippen LogP contribution in [0.4, 0.5) is 5.69 Å². The minimum Gasteiger partial charge on any atom is -0.278 e. The van der Waals surface area contributed by atoms with Gasteiger partial charge < -0.3 is 0 Å². The number of benzene rings is 3. The molecule has 3 aromatic carbocycles. The molecule has 0 bridgehead atoms. The summed E-state index contributed by atoms with van der Waals surface area (Å²) in [6, 6.07) is 20.9. The van der Waals surface area contributed by atoms with Crippen LogP contribution >= 0.6 is 11.6 Å². The lowest BCUT2D eigenvalue weighted by Gasteiger charge is -2.10. The van der Waals surface area contributed by atoms with Crippen LogP contribution in [-0.4, -0.2) is 8.42 Å². The molecular formula is C21H16ClNO2S. The second-order valence-electron chi connectivity index (χ2n) is 5.72. The van der Waals surface area contributed by atoms with Gasteiger partial charge in [0.15, 0.2) is 0 Å². The van der Waals surface area contributed by atoms with Gasteiger partial charge in [-0.05, 0) is 55.5 Å². The number of anilines is 1. The SMILES string of the molecule is Cc1ccc(S(=O)(=O)Nc2ccccc2C#Cc2ccc(Cl)cc2)cc1. The summed E-state index contributed by atoms with van der Waals surface area (Å²) in [5, 5.41) is 0.641. The number of sulfonamides is 1. The third-order valence-electron chi connectivity index (χ3n) is 3.69. The normalized spacial score (nSPS) is 10.7. The lowest BCUT2D eigenvalue weighted by molar-refractivity contribution is 0.601. The van der Waals surface area contributed by atoms with Crippen LogP contribution in [-0.2, 0) is 10.0 Å². The molecular weight excluding hydrogens is 366 g/mol. The number of nitrogens with one attached hydrogen (secondary N) is 1. The van der Waals surface area contributed by atoms with Crippen molar-refractivity contribution in [3.8, 4) is 11.8 Å². The van der Waals surface area contributed by atoms with Gasteiger partial charge in [0.25, 0.3) is 10.0 Å². The Hall–Kier alpha value is -2.74. The van der Waals surface area contributed by atoms with Crippen LogP contribution < -0.4 is 4.72 Å². The van der Waals surface area contributed by atoms with Crippen LogP contribution in [0.5, 0.6) is 0 Å². The van der Waals surface area contributed by atoms with E-state index < -0.39 is 10.0 Å². The van der Waals surface area contributed by atoms with Crippen molar-refractivity contribution >= 4 is 27.3 Å². The highest BCUT2D eigenvalue weighted by atomic mass is 35.5. The van der Waals surface area contributed by atoms with Crippen LogP contribution in [0, 0.1) is 18.8 Å². The van der Waals surface area contributed by atoms with Crippen LogP contribution in [0.3, 0.4) is 0 Å². The number of hydrogen-bond acceptors (Lipinski definition) is 2. The summed E-state index contributed by atoms with van der Waals surface area (Å²) in [6.45, 7) is 1.91. The average molecular weight is 382 g/mol. The number of halogens is 1. The molecule has 26 heavy (non-hydrogen) atoms. The van der Waals surface area contributed by atoms with Gasteiger partial charge in [-0.25, -0.2) is 8.42 Å². The maximum absolute atomic E-state index is 12.6. The van der Waals surface area contributed by atoms with Crippen LogP contribution in [0.15, 0.2) is 77.7 Å². The molecule has 0 aliphatic heterocycles. The smallest absolute Gasteiger partial charge is 0.261 e. The van der Waals surface area contributed by atoms with Crippen molar-refractivity contribution in [1.29, 1.82) is 0 Å². The third-order valence-corrected chi connectivity index (χ3v) is 5.32. The van der Waals surface area contributed by atoms with E-state index in [4.69, 9.17) is 11.6 Å². The summed E-state index contributed by atoms with van der Waals surface area (Å²) in [6.07, 6.45) is 0. The van der Waals surface area contributed by atoms with Crippen LogP contribution in [0.25, 0.3) is 0 Å². The first kappa shape index (κ1) is 18.1. The predicted molar refractivity (Wildman–Crippen MR) is 106 cm³/mol. The minimum atomic E-state index is -3.68. The molecule has 130 valence electrons. The zero-order chi connectivity index (χ0) is 18.6. The van der Waals surface area contributed by atoms with Crippen LogP contribution in [0.2, 0.25) is 5.02 Å². The molecule has 3 aromatic rings. The summed E-state index contributed by atoms with van der Waals surface area (Å²) in [4.78, 5) is 0.212. The van der Waals surface area contributed by atoms with Gasteiger partial charge in [-0.3, -0.25) is 4.72 Å². The molecule has 0 amide bonds. The molecule has 3 nitrogen and oxygen atoms in total. The van der Waals surface area contributed by atoms with Crippen LogP contribution in [0.1, 0.15) is 16.7 Å². The molecule has 0 unspecified atom stereocenters. The second kappa shape index (κ2) is 7.65. The summed E-state index contributed by atoms with van der Waals surface area (Å²) >= 11 is 5.87. The van der Waals surface area contributed by atoms with E-state index in [1.54, 1.807) is 54.6 Å². The average Bonchev–Trinajstić information content (AvgIpc) is 2.62. The zero-order valence-electron chi connectivity index (χ0n) is 14.0. The summed E-state index contributed by atoms with van der Waals surface area (Å²) < 4.78 is 27.8. The van der Waals surface area contributed by atoms with Gasteiger partial charge in [0.1, 0.15) is 0 Å². The minimum absolute atomic E-state index is 0.212. The Labute approximate surface area is 158 Å². The number of aryl methyl sites for hydroxylation is 1. The predicted octanol–water partition coefficient (Wildman–Crippen LogP) is 4.85. The lowest BCUT2D eigenvalue weighted by atomic mass is 10.1. The number of hydrogen-bond donors (Lipinski definition) is 1. The van der Waals surface area contributed by atoms with E-state index in [1.165, 1.54) is 0 Å². The molecule has 5 heteroatoms. The molecule has 0 saturated heterocycles. The molecule has 0 aliphatic rings. The first-order valence-electron chi connectivity index (χ1n) is 7.90. The molecule has 0 atom stereocenters. The highest BCUT2D eigenvalue weighted by Crippen LogP contribution is 2.20. The van der Waals surface area contributed by atoms with E-state index in [0.717, 1.165) is 11.1 Å². The van der Waals surface area contributed by atoms with Crippen molar-refractivity contribution in [2.45, 2.75) is 11.8 Å². The molecule has 1 N–H and O–H groups in total. The fourth-order valence-corrected chi connectivity index (χ4v) is 3.48. The van der Waals surface area contributed by atoms with Gasteiger partial charge in [0, 0.05) is 16.1 Å². The molecule has 0 radical (unpaired) electrons. The Kier molecular flexibility index (Phi) is 5.32. The Bertz CT molecular complexity index is 1080. The van der Waals surface area contributed by atoms with Gasteiger partial charge in [-0.2, -0.15) is 0 Å². The topological polar surface area (TPSA) is 46.2 Å². The zero-order valence-corrected chi connectivity index (χ0v) is 15.6. The molecule has 0 aromatic heterocycles. The monoisotopic (exact) mass is 381 g/mol. The quantitative estimate of drug-likeness (QED) is 0.659. The number of para-hydroxylation sites is 1. The summed E-state index contributed by atoms with van der Waals surface area (Å²) in [5.74, 6) is 6.03. The van der Waals surface area contributed by atoms with Gasteiger partial charge in [0.2, 0.25) is 0 Å². The fourth-order valence-electron chi connectivity index (χ4n) is 2.27. The molecule has 0 saturated carbocycles. The maximum Gasteiger partial charge on any atom is 0.261 e. The fraction of sp³-hybridized carbons (Fsp3) is 0.0476. The van der Waals surface area contributed by atoms with Crippen molar-refractivity contribution in [3.63, 3.8) is 0 Å². The van der Waals surface area contributed by atoms with Crippen molar-refractivity contribution < 1.29 is 8.42 Å². The Morgan fingerprint density at radius 3 is 2.19 bits per heavy atom. The highest BCUT2D eigenvalue weighted by molar-refractivity contribution is 7.92.